The van der Waals surface area contributed by atoms with Crippen LogP contribution in [0.2, 0.25) is 0 Å². The average molecular weight is 430 g/mol. The van der Waals surface area contributed by atoms with Crippen LogP contribution in [0.15, 0.2) is 25.6 Å². The number of carboxylic acid groups (broad SMARTS) is 1. The Morgan fingerprint density at radius 3 is 2.29 bits per heavy atom. The highest BCUT2D eigenvalue weighted by Crippen LogP contribution is 2.35. The molecule has 0 spiro atoms. The van der Waals surface area contributed by atoms with Crippen molar-refractivity contribution in [1.82, 2.24) is 0 Å². The molecular formula is C11H12Br3NO2. The topological polar surface area (TPSA) is 49.3 Å². The Labute approximate surface area is 125 Å². The molecule has 94 valence electrons. The average Bonchev–Trinajstić information content (AvgIpc) is 2.21. The summed E-state index contributed by atoms with van der Waals surface area (Å²) in [5, 5.41) is 12.1. The SMILES string of the molecule is CCCC(Nc1c(Br)cc(Br)cc1Br)C(=O)O. The minimum atomic E-state index is -0.839. The Balaban J connectivity index is 2.97. The summed E-state index contributed by atoms with van der Waals surface area (Å²) in [6.45, 7) is 1.96. The van der Waals surface area contributed by atoms with Crippen molar-refractivity contribution in [2.24, 2.45) is 0 Å². The molecule has 2 N–H and O–H groups in total. The minimum absolute atomic E-state index is 0.575. The largest absolute Gasteiger partial charge is 0.480 e. The first-order valence-electron chi connectivity index (χ1n) is 5.09. The number of rotatable bonds is 5. The molecule has 0 fully saturated rings. The van der Waals surface area contributed by atoms with Gasteiger partial charge in [-0.3, -0.25) is 0 Å². The Morgan fingerprint density at radius 2 is 1.88 bits per heavy atom. The quantitative estimate of drug-likeness (QED) is 0.716. The van der Waals surface area contributed by atoms with Gasteiger partial charge in [0.25, 0.3) is 0 Å². The van der Waals surface area contributed by atoms with Crippen molar-refractivity contribution in [3.8, 4) is 0 Å². The fourth-order valence-electron chi connectivity index (χ4n) is 1.40. The zero-order valence-electron chi connectivity index (χ0n) is 9.14. The van der Waals surface area contributed by atoms with Gasteiger partial charge in [0.15, 0.2) is 0 Å². The summed E-state index contributed by atoms with van der Waals surface area (Å²) in [4.78, 5) is 11.1. The second-order valence-electron chi connectivity index (χ2n) is 3.57. The van der Waals surface area contributed by atoms with E-state index in [1.165, 1.54) is 0 Å². The molecule has 0 aliphatic rings. The van der Waals surface area contributed by atoms with E-state index in [0.717, 1.165) is 25.5 Å². The lowest BCUT2D eigenvalue weighted by Crippen LogP contribution is -2.29. The predicted octanol–water partition coefficient (Wildman–Crippen LogP) is 4.64. The van der Waals surface area contributed by atoms with E-state index in [4.69, 9.17) is 5.11 Å². The maximum atomic E-state index is 11.1. The summed E-state index contributed by atoms with van der Waals surface area (Å²) in [5.74, 6) is -0.839. The lowest BCUT2D eigenvalue weighted by Gasteiger charge is -2.17. The summed E-state index contributed by atoms with van der Waals surface area (Å²) >= 11 is 10.2. The van der Waals surface area contributed by atoms with E-state index >= 15 is 0 Å². The zero-order chi connectivity index (χ0) is 13.0. The highest BCUT2D eigenvalue weighted by atomic mass is 79.9. The summed E-state index contributed by atoms with van der Waals surface area (Å²) in [6.07, 6.45) is 1.40. The van der Waals surface area contributed by atoms with Crippen molar-refractivity contribution < 1.29 is 9.90 Å². The van der Waals surface area contributed by atoms with Crippen molar-refractivity contribution in [2.45, 2.75) is 25.8 Å². The highest BCUT2D eigenvalue weighted by Gasteiger charge is 2.18. The Bertz CT molecular complexity index is 400. The fraction of sp³-hybridized carbons (Fsp3) is 0.364. The molecule has 1 atom stereocenters. The molecule has 6 heteroatoms. The van der Waals surface area contributed by atoms with Crippen molar-refractivity contribution >= 4 is 59.4 Å². The van der Waals surface area contributed by atoms with Gasteiger partial charge in [-0.15, -0.1) is 0 Å². The summed E-state index contributed by atoms with van der Waals surface area (Å²) < 4.78 is 2.56. The second kappa shape index (κ2) is 6.75. The maximum absolute atomic E-state index is 11.1. The summed E-state index contributed by atoms with van der Waals surface area (Å²) in [6, 6.07) is 3.17. The first kappa shape index (κ1) is 15.0. The molecule has 0 radical (unpaired) electrons. The van der Waals surface area contributed by atoms with E-state index in [0.29, 0.717) is 6.42 Å². The fourth-order valence-corrected chi connectivity index (χ4v) is 3.89. The molecular weight excluding hydrogens is 418 g/mol. The normalized spacial score (nSPS) is 12.2. The summed E-state index contributed by atoms with van der Waals surface area (Å²) in [7, 11) is 0. The van der Waals surface area contributed by atoms with Crippen LogP contribution < -0.4 is 5.32 Å². The minimum Gasteiger partial charge on any atom is -0.480 e. The molecule has 0 bridgehead atoms. The van der Waals surface area contributed by atoms with Gasteiger partial charge in [-0.05, 0) is 50.4 Å². The zero-order valence-corrected chi connectivity index (χ0v) is 13.9. The van der Waals surface area contributed by atoms with E-state index in [-0.39, 0.29) is 0 Å². The van der Waals surface area contributed by atoms with E-state index in [2.05, 4.69) is 53.1 Å². The number of carboxylic acids is 1. The van der Waals surface area contributed by atoms with E-state index < -0.39 is 12.0 Å². The summed E-state index contributed by atoms with van der Waals surface area (Å²) in [5.41, 5.74) is 0.758. The maximum Gasteiger partial charge on any atom is 0.326 e. The molecule has 3 nitrogen and oxygen atoms in total. The standard InChI is InChI=1S/C11H12Br3NO2/c1-2-3-9(11(16)17)15-10-7(13)4-6(12)5-8(10)14/h4-5,9,15H,2-3H2,1H3,(H,16,17). The molecule has 0 amide bonds. The van der Waals surface area contributed by atoms with Crippen LogP contribution in [0.3, 0.4) is 0 Å². The Morgan fingerprint density at radius 1 is 1.35 bits per heavy atom. The molecule has 0 aliphatic heterocycles. The molecule has 1 aromatic rings. The number of benzene rings is 1. The lowest BCUT2D eigenvalue weighted by atomic mass is 10.1. The van der Waals surface area contributed by atoms with Crippen molar-refractivity contribution in [3.05, 3.63) is 25.6 Å². The van der Waals surface area contributed by atoms with Crippen molar-refractivity contribution in [1.29, 1.82) is 0 Å². The van der Waals surface area contributed by atoms with Gasteiger partial charge in [-0.2, -0.15) is 0 Å². The van der Waals surface area contributed by atoms with Gasteiger partial charge in [-0.25, -0.2) is 4.79 Å². The van der Waals surface area contributed by atoms with Gasteiger partial charge < -0.3 is 10.4 Å². The van der Waals surface area contributed by atoms with Crippen LogP contribution in [-0.2, 0) is 4.79 Å². The number of anilines is 1. The third-order valence-corrected chi connectivity index (χ3v) is 3.91. The lowest BCUT2D eigenvalue weighted by molar-refractivity contribution is -0.138. The predicted molar refractivity (Wildman–Crippen MR) is 79.5 cm³/mol. The molecule has 0 saturated carbocycles. The molecule has 1 unspecified atom stereocenters. The van der Waals surface area contributed by atoms with Crippen molar-refractivity contribution in [2.75, 3.05) is 5.32 Å². The van der Waals surface area contributed by atoms with Gasteiger partial charge in [0.1, 0.15) is 6.04 Å². The smallest absolute Gasteiger partial charge is 0.326 e. The van der Waals surface area contributed by atoms with E-state index in [1.54, 1.807) is 0 Å². The first-order valence-corrected chi connectivity index (χ1v) is 7.47. The molecule has 17 heavy (non-hydrogen) atoms. The van der Waals surface area contributed by atoms with Gasteiger partial charge in [-0.1, -0.05) is 29.3 Å². The van der Waals surface area contributed by atoms with Crippen LogP contribution in [0, 0.1) is 0 Å². The Hall–Kier alpha value is -0.0700. The molecule has 1 rings (SSSR count). The monoisotopic (exact) mass is 427 g/mol. The number of carbonyl (C=O) groups is 1. The van der Waals surface area contributed by atoms with Crippen LogP contribution in [-0.4, -0.2) is 17.1 Å². The molecule has 0 aromatic heterocycles. The third kappa shape index (κ3) is 4.26. The van der Waals surface area contributed by atoms with Crippen LogP contribution in [0.1, 0.15) is 19.8 Å². The highest BCUT2D eigenvalue weighted by molar-refractivity contribution is 9.11. The Kier molecular flexibility index (Phi) is 5.95. The number of halogens is 3. The van der Waals surface area contributed by atoms with Gasteiger partial charge >= 0.3 is 5.97 Å². The third-order valence-electron chi connectivity index (χ3n) is 2.20. The van der Waals surface area contributed by atoms with Gasteiger partial charge in [0.2, 0.25) is 0 Å². The van der Waals surface area contributed by atoms with Crippen molar-refractivity contribution in [3.63, 3.8) is 0 Å². The first-order chi connectivity index (χ1) is 7.95. The van der Waals surface area contributed by atoms with Gasteiger partial charge in [0.05, 0.1) is 5.69 Å². The van der Waals surface area contributed by atoms with Crippen LogP contribution in [0.5, 0.6) is 0 Å². The second-order valence-corrected chi connectivity index (χ2v) is 6.19. The number of hydrogen-bond acceptors (Lipinski definition) is 2. The molecule has 1 aromatic carbocycles. The van der Waals surface area contributed by atoms with Gasteiger partial charge in [0, 0.05) is 13.4 Å². The van der Waals surface area contributed by atoms with E-state index in [9.17, 15) is 4.79 Å². The molecule has 0 heterocycles. The van der Waals surface area contributed by atoms with Crippen LogP contribution in [0.4, 0.5) is 5.69 Å². The molecule has 0 saturated heterocycles. The van der Waals surface area contributed by atoms with Crippen LogP contribution in [0.25, 0.3) is 0 Å². The van der Waals surface area contributed by atoms with Crippen LogP contribution >= 0.6 is 47.8 Å². The number of hydrogen-bond donors (Lipinski definition) is 2. The molecule has 0 aliphatic carbocycles. The van der Waals surface area contributed by atoms with E-state index in [1.807, 2.05) is 19.1 Å². The number of aliphatic carboxylic acids is 1. The number of nitrogens with one attached hydrogen (secondary N) is 1.